The van der Waals surface area contributed by atoms with Crippen molar-refractivity contribution in [2.24, 2.45) is 5.73 Å². The second kappa shape index (κ2) is 7.41. The van der Waals surface area contributed by atoms with Crippen molar-refractivity contribution in [1.29, 1.82) is 0 Å². The summed E-state index contributed by atoms with van der Waals surface area (Å²) in [5.74, 6) is 0.549. The number of carbonyl (C=O) groups excluding carboxylic acids is 2. The van der Waals surface area contributed by atoms with E-state index in [4.69, 9.17) is 14.9 Å². The first kappa shape index (κ1) is 19.9. The molecule has 1 saturated carbocycles. The smallest absolute Gasteiger partial charge is 0.284 e. The Morgan fingerprint density at radius 3 is 2.45 bits per heavy atom. The van der Waals surface area contributed by atoms with Crippen LogP contribution in [0.4, 0.5) is 11.6 Å². The molecule has 33 heavy (non-hydrogen) atoms. The Bertz CT molecular complexity index is 1240. The summed E-state index contributed by atoms with van der Waals surface area (Å²) < 4.78 is 10.9. The van der Waals surface area contributed by atoms with E-state index in [1.807, 2.05) is 17.0 Å². The molecule has 2 fully saturated rings. The fourth-order valence-corrected chi connectivity index (χ4v) is 4.73. The van der Waals surface area contributed by atoms with Gasteiger partial charge in [0.15, 0.2) is 5.76 Å². The molecule has 9 heteroatoms. The maximum absolute atomic E-state index is 13.0. The number of carbonyl (C=O) groups is 2. The molecule has 168 valence electrons. The maximum Gasteiger partial charge on any atom is 0.284 e. The van der Waals surface area contributed by atoms with E-state index in [-0.39, 0.29) is 17.1 Å². The first-order valence-electron chi connectivity index (χ1n) is 11.1. The lowest BCUT2D eigenvalue weighted by Gasteiger charge is -2.27. The van der Waals surface area contributed by atoms with Crippen LogP contribution < -0.4 is 10.6 Å². The molecule has 2 N–H and O–H groups in total. The van der Waals surface area contributed by atoms with E-state index in [0.717, 1.165) is 25.1 Å². The summed E-state index contributed by atoms with van der Waals surface area (Å²) in [6.45, 7) is 3.16. The number of anilines is 2. The largest absolute Gasteiger partial charge is 0.451 e. The van der Waals surface area contributed by atoms with Crippen molar-refractivity contribution in [3.8, 4) is 11.3 Å². The van der Waals surface area contributed by atoms with Crippen LogP contribution >= 0.6 is 0 Å². The molecule has 9 nitrogen and oxygen atoms in total. The van der Waals surface area contributed by atoms with Crippen molar-refractivity contribution in [1.82, 2.24) is 14.9 Å². The Morgan fingerprint density at radius 1 is 1.03 bits per heavy atom. The minimum atomic E-state index is -0.621. The number of benzene rings is 1. The molecule has 0 unspecified atom stereocenters. The number of morpholine rings is 1. The number of rotatable bonds is 4. The summed E-state index contributed by atoms with van der Waals surface area (Å²) in [6.07, 6.45) is 5.58. The first-order chi connectivity index (χ1) is 16.0. The van der Waals surface area contributed by atoms with E-state index in [1.54, 1.807) is 18.5 Å². The molecule has 4 heterocycles. The molecule has 6 rings (SSSR count). The SMILES string of the molecule is NC(=O)c1ccc(-c2cnc(N3CC4(CC4)c4ccc(C(=O)N5CCOCC5)cc43)nc2)o1. The van der Waals surface area contributed by atoms with Crippen molar-refractivity contribution >= 4 is 23.5 Å². The Kier molecular flexibility index (Phi) is 4.48. The quantitative estimate of drug-likeness (QED) is 0.656. The standard InChI is InChI=1S/C24H23N5O4/c25-21(30)20-4-3-19(33-20)16-12-26-23(27-13-16)29-14-24(5-6-24)17-2-1-15(11-18(17)29)22(31)28-7-9-32-10-8-28/h1-4,11-13H,5-10,14H2,(H2,25,30). The number of primary amides is 1. The predicted octanol–water partition coefficient (Wildman–Crippen LogP) is 2.49. The van der Waals surface area contributed by atoms with Crippen LogP contribution in [0.1, 0.15) is 39.3 Å². The number of nitrogens with zero attached hydrogens (tertiary/aromatic N) is 4. The summed E-state index contributed by atoms with van der Waals surface area (Å²) in [4.78, 5) is 37.4. The number of ether oxygens (including phenoxy) is 1. The van der Waals surface area contributed by atoms with Crippen LogP contribution in [0.2, 0.25) is 0 Å². The van der Waals surface area contributed by atoms with Crippen molar-refractivity contribution in [3.63, 3.8) is 0 Å². The monoisotopic (exact) mass is 445 g/mol. The van der Waals surface area contributed by atoms with E-state index < -0.39 is 5.91 Å². The van der Waals surface area contributed by atoms with Crippen LogP contribution in [-0.4, -0.2) is 59.5 Å². The number of hydrogen-bond acceptors (Lipinski definition) is 7. The predicted molar refractivity (Wildman–Crippen MR) is 119 cm³/mol. The molecular weight excluding hydrogens is 422 g/mol. The second-order valence-corrected chi connectivity index (χ2v) is 8.80. The van der Waals surface area contributed by atoms with Crippen LogP contribution in [0.25, 0.3) is 11.3 Å². The van der Waals surface area contributed by atoms with E-state index in [0.29, 0.717) is 49.1 Å². The molecule has 0 bridgehead atoms. The number of nitrogens with two attached hydrogens (primary N) is 1. The van der Waals surface area contributed by atoms with Crippen molar-refractivity contribution in [3.05, 3.63) is 59.6 Å². The molecular formula is C24H23N5O4. The van der Waals surface area contributed by atoms with Crippen LogP contribution in [0.3, 0.4) is 0 Å². The average Bonchev–Trinajstić information content (AvgIpc) is 3.32. The van der Waals surface area contributed by atoms with Gasteiger partial charge in [-0.15, -0.1) is 0 Å². The van der Waals surface area contributed by atoms with Crippen molar-refractivity contribution < 1.29 is 18.7 Å². The van der Waals surface area contributed by atoms with Gasteiger partial charge in [-0.1, -0.05) is 6.07 Å². The van der Waals surface area contributed by atoms with Gasteiger partial charge in [0.2, 0.25) is 5.95 Å². The number of amides is 2. The zero-order valence-electron chi connectivity index (χ0n) is 18.0. The fourth-order valence-electron chi connectivity index (χ4n) is 4.73. The molecule has 1 aliphatic carbocycles. The van der Waals surface area contributed by atoms with Crippen LogP contribution in [-0.2, 0) is 10.2 Å². The summed E-state index contributed by atoms with van der Waals surface area (Å²) >= 11 is 0. The second-order valence-electron chi connectivity index (χ2n) is 8.80. The number of hydrogen-bond donors (Lipinski definition) is 1. The highest BCUT2D eigenvalue weighted by atomic mass is 16.5. The van der Waals surface area contributed by atoms with Gasteiger partial charge in [-0.3, -0.25) is 9.59 Å². The normalized spacial score (nSPS) is 18.4. The van der Waals surface area contributed by atoms with Crippen LogP contribution in [0.15, 0.2) is 47.1 Å². The summed E-state index contributed by atoms with van der Waals surface area (Å²) in [5, 5.41) is 0. The van der Waals surface area contributed by atoms with Crippen molar-refractivity contribution in [2.75, 3.05) is 37.7 Å². The molecule has 1 saturated heterocycles. The topological polar surface area (TPSA) is 115 Å². The zero-order valence-corrected chi connectivity index (χ0v) is 18.0. The summed E-state index contributed by atoms with van der Waals surface area (Å²) in [7, 11) is 0. The molecule has 1 aromatic carbocycles. The van der Waals surface area contributed by atoms with Gasteiger partial charge in [0.1, 0.15) is 5.76 Å². The third-order valence-electron chi connectivity index (χ3n) is 6.73. The average molecular weight is 445 g/mol. The van der Waals surface area contributed by atoms with E-state index in [2.05, 4.69) is 20.9 Å². The molecule has 0 atom stereocenters. The molecule has 0 radical (unpaired) electrons. The lowest BCUT2D eigenvalue weighted by atomic mass is 9.97. The highest BCUT2D eigenvalue weighted by Crippen LogP contribution is 2.57. The molecule has 3 aromatic rings. The minimum Gasteiger partial charge on any atom is -0.451 e. The molecule has 1 spiro atoms. The summed E-state index contributed by atoms with van der Waals surface area (Å²) in [6, 6.07) is 9.22. The van der Waals surface area contributed by atoms with Crippen molar-refractivity contribution in [2.45, 2.75) is 18.3 Å². The summed E-state index contributed by atoms with van der Waals surface area (Å²) in [5.41, 5.74) is 8.96. The van der Waals surface area contributed by atoms with Gasteiger partial charge in [0, 0.05) is 48.7 Å². The molecule has 2 amide bonds. The van der Waals surface area contributed by atoms with Gasteiger partial charge in [0.05, 0.1) is 18.8 Å². The number of aromatic nitrogens is 2. The van der Waals surface area contributed by atoms with E-state index in [1.165, 1.54) is 11.6 Å². The number of fused-ring (bicyclic) bond motifs is 2. The van der Waals surface area contributed by atoms with Gasteiger partial charge >= 0.3 is 0 Å². The minimum absolute atomic E-state index is 0.0251. The van der Waals surface area contributed by atoms with Gasteiger partial charge in [0.25, 0.3) is 11.8 Å². The molecule has 3 aliphatic rings. The Hall–Kier alpha value is -3.72. The van der Waals surface area contributed by atoms with E-state index >= 15 is 0 Å². The lowest BCUT2D eigenvalue weighted by Crippen LogP contribution is -2.40. The first-order valence-corrected chi connectivity index (χ1v) is 11.1. The third-order valence-corrected chi connectivity index (χ3v) is 6.73. The molecule has 2 aliphatic heterocycles. The van der Waals surface area contributed by atoms with E-state index in [9.17, 15) is 9.59 Å². The Morgan fingerprint density at radius 2 is 1.79 bits per heavy atom. The van der Waals surface area contributed by atoms with Gasteiger partial charge < -0.3 is 24.7 Å². The van der Waals surface area contributed by atoms with Gasteiger partial charge in [-0.25, -0.2) is 9.97 Å². The highest BCUT2D eigenvalue weighted by Gasteiger charge is 2.52. The Balaban J connectivity index is 1.30. The zero-order chi connectivity index (χ0) is 22.6. The lowest BCUT2D eigenvalue weighted by molar-refractivity contribution is 0.0303. The van der Waals surface area contributed by atoms with Crippen LogP contribution in [0.5, 0.6) is 0 Å². The Labute approximate surface area is 190 Å². The molecule has 2 aromatic heterocycles. The fraction of sp³-hybridized carbons (Fsp3) is 0.333. The maximum atomic E-state index is 13.0. The third kappa shape index (κ3) is 3.36. The highest BCUT2D eigenvalue weighted by molar-refractivity contribution is 5.96. The van der Waals surface area contributed by atoms with Gasteiger partial charge in [-0.2, -0.15) is 0 Å². The van der Waals surface area contributed by atoms with Crippen LogP contribution in [0, 0.1) is 0 Å². The van der Waals surface area contributed by atoms with Gasteiger partial charge in [-0.05, 0) is 42.7 Å². The number of furan rings is 1.